The summed E-state index contributed by atoms with van der Waals surface area (Å²) in [6, 6.07) is 9.11. The molecule has 1 N–H and O–H groups in total. The van der Waals surface area contributed by atoms with Gasteiger partial charge in [0.25, 0.3) is 0 Å². The van der Waals surface area contributed by atoms with Crippen LogP contribution in [0.3, 0.4) is 0 Å². The van der Waals surface area contributed by atoms with Gasteiger partial charge in [-0.2, -0.15) is 0 Å². The van der Waals surface area contributed by atoms with E-state index in [4.69, 9.17) is 4.74 Å². The highest BCUT2D eigenvalue weighted by molar-refractivity contribution is 5.94. The number of benzene rings is 1. The molecule has 29 heavy (non-hydrogen) atoms. The van der Waals surface area contributed by atoms with Crippen molar-refractivity contribution in [2.24, 2.45) is 5.92 Å². The third kappa shape index (κ3) is 3.88. The van der Waals surface area contributed by atoms with E-state index in [9.17, 15) is 14.4 Å². The number of hydrogen-bond donors (Lipinski definition) is 1. The molecule has 0 bridgehead atoms. The molecule has 158 valence electrons. The Bertz CT molecular complexity index is 754. The molecule has 7 nitrogen and oxygen atoms in total. The fourth-order valence-electron chi connectivity index (χ4n) is 5.02. The Morgan fingerprint density at radius 3 is 2.59 bits per heavy atom. The number of likely N-dealkylation sites (tertiary alicyclic amines) is 2. The Morgan fingerprint density at radius 1 is 1.24 bits per heavy atom. The van der Waals surface area contributed by atoms with Gasteiger partial charge in [-0.15, -0.1) is 0 Å². The van der Waals surface area contributed by atoms with Crippen LogP contribution in [0.5, 0.6) is 0 Å². The molecule has 3 rings (SSSR count). The van der Waals surface area contributed by atoms with Crippen molar-refractivity contribution >= 4 is 17.7 Å². The lowest BCUT2D eigenvalue weighted by atomic mass is 9.85. The molecule has 2 saturated heterocycles. The van der Waals surface area contributed by atoms with E-state index in [0.29, 0.717) is 32.5 Å². The normalized spacial score (nSPS) is 27.2. The van der Waals surface area contributed by atoms with Crippen molar-refractivity contribution in [3.05, 3.63) is 35.9 Å². The van der Waals surface area contributed by atoms with Crippen LogP contribution in [-0.4, -0.2) is 66.9 Å². The van der Waals surface area contributed by atoms with Crippen molar-refractivity contribution in [1.29, 1.82) is 0 Å². The first kappa shape index (κ1) is 21.3. The van der Waals surface area contributed by atoms with Gasteiger partial charge in [-0.3, -0.25) is 14.4 Å². The van der Waals surface area contributed by atoms with Gasteiger partial charge in [-0.25, -0.2) is 0 Å². The Balaban J connectivity index is 2.10. The first-order valence-electron chi connectivity index (χ1n) is 10.3. The smallest absolute Gasteiger partial charge is 0.248 e. The quantitative estimate of drug-likeness (QED) is 0.815. The number of rotatable bonds is 5. The molecule has 2 aliphatic heterocycles. The van der Waals surface area contributed by atoms with Gasteiger partial charge in [0.1, 0.15) is 5.54 Å². The molecule has 2 fully saturated rings. The molecule has 7 heteroatoms. The van der Waals surface area contributed by atoms with Crippen LogP contribution in [0.25, 0.3) is 0 Å². The SMILES string of the molecule is CNC(=O)[C@H]1C[C@]2(CCCCN(CCOC)C2=O)N(C(C)=O)[C@H]1c1ccccc1. The van der Waals surface area contributed by atoms with E-state index in [0.717, 1.165) is 18.4 Å². The van der Waals surface area contributed by atoms with Crippen molar-refractivity contribution in [2.45, 2.75) is 44.2 Å². The molecule has 2 heterocycles. The molecular formula is C22H31N3O4. The molecule has 0 radical (unpaired) electrons. The predicted molar refractivity (Wildman–Crippen MR) is 109 cm³/mol. The number of nitrogens with one attached hydrogen (secondary N) is 1. The zero-order valence-corrected chi connectivity index (χ0v) is 17.5. The average molecular weight is 402 g/mol. The summed E-state index contributed by atoms with van der Waals surface area (Å²) in [5, 5.41) is 2.74. The minimum atomic E-state index is -0.992. The molecule has 0 saturated carbocycles. The summed E-state index contributed by atoms with van der Waals surface area (Å²) < 4.78 is 5.19. The van der Waals surface area contributed by atoms with Gasteiger partial charge in [0.15, 0.2) is 0 Å². The third-order valence-corrected chi connectivity index (χ3v) is 6.26. The van der Waals surface area contributed by atoms with Crippen molar-refractivity contribution in [3.8, 4) is 0 Å². The highest BCUT2D eigenvalue weighted by Gasteiger charge is 2.60. The number of ether oxygens (including phenoxy) is 1. The van der Waals surface area contributed by atoms with Crippen LogP contribution in [0, 0.1) is 5.92 Å². The van der Waals surface area contributed by atoms with Crippen molar-refractivity contribution in [1.82, 2.24) is 15.1 Å². The van der Waals surface area contributed by atoms with E-state index in [-0.39, 0.29) is 17.7 Å². The zero-order chi connectivity index (χ0) is 21.0. The maximum Gasteiger partial charge on any atom is 0.248 e. The van der Waals surface area contributed by atoms with Crippen LogP contribution >= 0.6 is 0 Å². The second-order valence-electron chi connectivity index (χ2n) is 7.94. The first-order valence-corrected chi connectivity index (χ1v) is 10.3. The van der Waals surface area contributed by atoms with Gasteiger partial charge in [0, 0.05) is 34.2 Å². The number of carbonyl (C=O) groups is 3. The van der Waals surface area contributed by atoms with Gasteiger partial charge in [0.2, 0.25) is 17.7 Å². The number of nitrogens with zero attached hydrogens (tertiary/aromatic N) is 2. The molecule has 3 atom stereocenters. The summed E-state index contributed by atoms with van der Waals surface area (Å²) in [5.74, 6) is -0.845. The summed E-state index contributed by atoms with van der Waals surface area (Å²) in [4.78, 5) is 43.1. The van der Waals surface area contributed by atoms with E-state index in [1.54, 1.807) is 24.0 Å². The van der Waals surface area contributed by atoms with Gasteiger partial charge < -0.3 is 19.9 Å². The molecule has 1 spiro atoms. The van der Waals surface area contributed by atoms with Crippen molar-refractivity contribution < 1.29 is 19.1 Å². The topological polar surface area (TPSA) is 79.0 Å². The van der Waals surface area contributed by atoms with Crippen LogP contribution in [0.4, 0.5) is 0 Å². The molecule has 0 aromatic heterocycles. The summed E-state index contributed by atoms with van der Waals surface area (Å²) in [7, 11) is 3.22. The fraction of sp³-hybridized carbons (Fsp3) is 0.591. The number of hydrogen-bond acceptors (Lipinski definition) is 4. The molecule has 2 aliphatic rings. The van der Waals surface area contributed by atoms with E-state index < -0.39 is 17.5 Å². The van der Waals surface area contributed by atoms with Gasteiger partial charge in [-0.05, 0) is 31.2 Å². The number of amides is 3. The minimum Gasteiger partial charge on any atom is -0.383 e. The molecule has 0 unspecified atom stereocenters. The summed E-state index contributed by atoms with van der Waals surface area (Å²) in [6.45, 7) is 3.09. The number of carbonyl (C=O) groups excluding carboxylic acids is 3. The molecule has 3 amide bonds. The average Bonchev–Trinajstić information content (AvgIpc) is 3.01. The van der Waals surface area contributed by atoms with E-state index in [1.807, 2.05) is 30.3 Å². The zero-order valence-electron chi connectivity index (χ0n) is 17.5. The van der Waals surface area contributed by atoms with Crippen LogP contribution < -0.4 is 5.32 Å². The summed E-state index contributed by atoms with van der Waals surface area (Å²) in [6.07, 6.45) is 2.63. The van der Waals surface area contributed by atoms with Crippen molar-refractivity contribution in [3.63, 3.8) is 0 Å². The maximum atomic E-state index is 13.8. The second-order valence-corrected chi connectivity index (χ2v) is 7.94. The summed E-state index contributed by atoms with van der Waals surface area (Å²) in [5.41, 5.74) is -0.109. The third-order valence-electron chi connectivity index (χ3n) is 6.26. The first-order chi connectivity index (χ1) is 14.0. The Morgan fingerprint density at radius 2 is 1.97 bits per heavy atom. The van der Waals surface area contributed by atoms with Gasteiger partial charge in [0.05, 0.1) is 18.6 Å². The van der Waals surface area contributed by atoms with Crippen LogP contribution in [0.2, 0.25) is 0 Å². The minimum absolute atomic E-state index is 0.0606. The standard InChI is InChI=1S/C22H31N3O4/c1-16(26)25-19(17-9-5-4-6-10-17)18(20(27)23-2)15-22(25)11-7-8-12-24(21(22)28)13-14-29-3/h4-6,9-10,18-19H,7-8,11-15H2,1-3H3,(H,23,27)/t18-,19-,22-/m0/s1. The van der Waals surface area contributed by atoms with Crippen LogP contribution in [-0.2, 0) is 19.1 Å². The lowest BCUT2D eigenvalue weighted by Crippen LogP contribution is -2.57. The van der Waals surface area contributed by atoms with E-state index in [1.165, 1.54) is 6.92 Å². The monoisotopic (exact) mass is 401 g/mol. The Kier molecular flexibility index (Phi) is 6.57. The van der Waals surface area contributed by atoms with Gasteiger partial charge in [-0.1, -0.05) is 30.3 Å². The fourth-order valence-corrected chi connectivity index (χ4v) is 5.02. The second kappa shape index (κ2) is 8.95. The van der Waals surface area contributed by atoms with E-state index >= 15 is 0 Å². The van der Waals surface area contributed by atoms with E-state index in [2.05, 4.69) is 5.32 Å². The Hall–Kier alpha value is -2.41. The summed E-state index contributed by atoms with van der Waals surface area (Å²) >= 11 is 0. The predicted octanol–water partition coefficient (Wildman–Crippen LogP) is 1.74. The highest BCUT2D eigenvalue weighted by atomic mass is 16.5. The molecule has 0 aliphatic carbocycles. The van der Waals surface area contributed by atoms with Crippen molar-refractivity contribution in [2.75, 3.05) is 33.9 Å². The van der Waals surface area contributed by atoms with Crippen LogP contribution in [0.1, 0.15) is 44.2 Å². The molecule has 1 aromatic rings. The highest BCUT2D eigenvalue weighted by Crippen LogP contribution is 2.50. The lowest BCUT2D eigenvalue weighted by Gasteiger charge is -2.41. The molecule has 1 aromatic carbocycles. The Labute approximate surface area is 172 Å². The number of methoxy groups -OCH3 is 1. The lowest BCUT2D eigenvalue weighted by molar-refractivity contribution is -0.152. The maximum absolute atomic E-state index is 13.8. The largest absolute Gasteiger partial charge is 0.383 e. The van der Waals surface area contributed by atoms with Gasteiger partial charge >= 0.3 is 0 Å². The van der Waals surface area contributed by atoms with Crippen LogP contribution in [0.15, 0.2) is 30.3 Å². The molecular weight excluding hydrogens is 370 g/mol.